The molecule has 1 aliphatic carbocycles. The molecule has 0 amide bonds. The van der Waals surface area contributed by atoms with Gasteiger partial charge in [0.25, 0.3) is 5.56 Å². The lowest BCUT2D eigenvalue weighted by atomic mass is 9.92. The van der Waals surface area contributed by atoms with E-state index in [2.05, 4.69) is 25.3 Å². The number of rotatable bonds is 5. The summed E-state index contributed by atoms with van der Waals surface area (Å²) in [6.07, 6.45) is 5.64. The van der Waals surface area contributed by atoms with Crippen LogP contribution in [0.2, 0.25) is 0 Å². The summed E-state index contributed by atoms with van der Waals surface area (Å²) in [5, 5.41) is 13.9. The molecule has 0 atom stereocenters. The number of aromatic nitrogens is 5. The molecule has 1 fully saturated rings. The summed E-state index contributed by atoms with van der Waals surface area (Å²) in [6.45, 7) is 4.58. The van der Waals surface area contributed by atoms with Crippen molar-refractivity contribution in [3.63, 3.8) is 0 Å². The molecule has 158 valence electrons. The van der Waals surface area contributed by atoms with Gasteiger partial charge in [-0.05, 0) is 45.6 Å². The molecule has 9 nitrogen and oxygen atoms in total. The van der Waals surface area contributed by atoms with E-state index in [1.165, 1.54) is 7.11 Å². The van der Waals surface area contributed by atoms with Crippen LogP contribution in [-0.4, -0.2) is 49.4 Å². The van der Waals surface area contributed by atoms with Crippen LogP contribution in [0.5, 0.6) is 6.01 Å². The monoisotopic (exact) mass is 410 g/mol. The SMILES string of the molecule is CCNc1nc(C)c2cc(-c3cnc(OC)nc3)c(=O)n([C@H]3CC[C@H](O)CC3)c2n1. The molecule has 0 saturated heterocycles. The molecule has 0 unspecified atom stereocenters. The van der Waals surface area contributed by atoms with Gasteiger partial charge in [0.05, 0.1) is 24.5 Å². The van der Waals surface area contributed by atoms with Crippen LogP contribution in [0.1, 0.15) is 44.3 Å². The zero-order chi connectivity index (χ0) is 21.3. The lowest BCUT2D eigenvalue weighted by Gasteiger charge is -2.28. The second-order valence-electron chi connectivity index (χ2n) is 7.55. The standard InChI is InChI=1S/C21H26N6O3/c1-4-22-20-25-12(2)16-9-17(13-10-23-21(30-3)24-11-13)19(29)27(18(16)26-20)14-5-7-15(28)8-6-14/h9-11,14-15,28H,4-8H2,1-3H3,(H,22,25,26)/t14-,15-. The number of aliphatic hydroxyl groups is 1. The van der Waals surface area contributed by atoms with Crippen molar-refractivity contribution in [3.05, 3.63) is 34.5 Å². The van der Waals surface area contributed by atoms with Crippen molar-refractivity contribution in [2.75, 3.05) is 19.0 Å². The molecule has 3 aromatic rings. The molecule has 30 heavy (non-hydrogen) atoms. The van der Waals surface area contributed by atoms with Crippen LogP contribution in [0.25, 0.3) is 22.2 Å². The predicted molar refractivity (Wildman–Crippen MR) is 114 cm³/mol. The second kappa shape index (κ2) is 8.35. The highest BCUT2D eigenvalue weighted by molar-refractivity contribution is 5.84. The highest BCUT2D eigenvalue weighted by atomic mass is 16.5. The average Bonchev–Trinajstić information content (AvgIpc) is 2.75. The van der Waals surface area contributed by atoms with Crippen LogP contribution in [0.15, 0.2) is 23.3 Å². The highest BCUT2D eigenvalue weighted by Crippen LogP contribution is 2.32. The molecular weight excluding hydrogens is 384 g/mol. The molecule has 0 spiro atoms. The summed E-state index contributed by atoms with van der Waals surface area (Å²) >= 11 is 0. The molecule has 0 bridgehead atoms. The molecule has 0 aromatic carbocycles. The molecular formula is C21H26N6O3. The van der Waals surface area contributed by atoms with Gasteiger partial charge in [-0.2, -0.15) is 4.98 Å². The molecule has 4 rings (SSSR count). The van der Waals surface area contributed by atoms with E-state index in [0.29, 0.717) is 42.1 Å². The molecule has 0 radical (unpaired) electrons. The van der Waals surface area contributed by atoms with Crippen molar-refractivity contribution in [1.29, 1.82) is 0 Å². The van der Waals surface area contributed by atoms with E-state index >= 15 is 0 Å². The average molecular weight is 410 g/mol. The Morgan fingerprint density at radius 1 is 1.20 bits per heavy atom. The van der Waals surface area contributed by atoms with Crippen LogP contribution < -0.4 is 15.6 Å². The largest absolute Gasteiger partial charge is 0.467 e. The molecule has 1 saturated carbocycles. The van der Waals surface area contributed by atoms with Gasteiger partial charge in [0, 0.05) is 35.9 Å². The zero-order valence-corrected chi connectivity index (χ0v) is 17.4. The molecule has 9 heteroatoms. The van der Waals surface area contributed by atoms with Crippen LogP contribution in [-0.2, 0) is 0 Å². The van der Waals surface area contributed by atoms with Gasteiger partial charge in [0.15, 0.2) is 0 Å². The Balaban J connectivity index is 1.95. The number of fused-ring (bicyclic) bond motifs is 1. The number of pyridine rings is 1. The van der Waals surface area contributed by atoms with Crippen molar-refractivity contribution in [3.8, 4) is 17.1 Å². The van der Waals surface area contributed by atoms with E-state index in [-0.39, 0.29) is 23.7 Å². The number of anilines is 1. The Kier molecular flexibility index (Phi) is 5.63. The zero-order valence-electron chi connectivity index (χ0n) is 17.4. The highest BCUT2D eigenvalue weighted by Gasteiger charge is 2.26. The summed E-state index contributed by atoms with van der Waals surface area (Å²) in [7, 11) is 1.50. The first-order valence-corrected chi connectivity index (χ1v) is 10.2. The third-order valence-electron chi connectivity index (χ3n) is 5.57. The number of aryl methyl sites for hydroxylation is 1. The minimum Gasteiger partial charge on any atom is -0.467 e. The normalized spacial score (nSPS) is 19.1. The number of nitrogens with one attached hydrogen (secondary N) is 1. The minimum absolute atomic E-state index is 0.0358. The lowest BCUT2D eigenvalue weighted by Crippen LogP contribution is -2.31. The maximum absolute atomic E-state index is 13.6. The van der Waals surface area contributed by atoms with Crippen LogP contribution in [0.3, 0.4) is 0 Å². The van der Waals surface area contributed by atoms with E-state index in [0.717, 1.165) is 23.9 Å². The Hall–Kier alpha value is -3.07. The van der Waals surface area contributed by atoms with E-state index in [4.69, 9.17) is 4.74 Å². The first-order valence-electron chi connectivity index (χ1n) is 10.2. The van der Waals surface area contributed by atoms with E-state index in [9.17, 15) is 9.90 Å². The summed E-state index contributed by atoms with van der Waals surface area (Å²) in [5.41, 5.74) is 2.37. The first-order chi connectivity index (χ1) is 14.5. The number of aliphatic hydroxyl groups excluding tert-OH is 1. The minimum atomic E-state index is -0.310. The van der Waals surface area contributed by atoms with Crippen molar-refractivity contribution in [2.45, 2.75) is 51.7 Å². The fourth-order valence-electron chi connectivity index (χ4n) is 4.01. The van der Waals surface area contributed by atoms with Gasteiger partial charge in [-0.1, -0.05) is 0 Å². The molecule has 1 aliphatic rings. The molecule has 0 aliphatic heterocycles. The van der Waals surface area contributed by atoms with Gasteiger partial charge in [0.1, 0.15) is 5.65 Å². The maximum atomic E-state index is 13.6. The number of hydrogen-bond acceptors (Lipinski definition) is 8. The van der Waals surface area contributed by atoms with E-state index in [1.54, 1.807) is 17.0 Å². The topological polar surface area (TPSA) is 115 Å². The fraction of sp³-hybridized carbons (Fsp3) is 0.476. The van der Waals surface area contributed by atoms with Crippen molar-refractivity contribution >= 4 is 17.0 Å². The smallest absolute Gasteiger partial charge is 0.316 e. The number of hydrogen-bond donors (Lipinski definition) is 2. The van der Waals surface area contributed by atoms with Gasteiger partial charge >= 0.3 is 6.01 Å². The van der Waals surface area contributed by atoms with Gasteiger partial charge in [-0.3, -0.25) is 9.36 Å². The van der Waals surface area contributed by atoms with Crippen LogP contribution in [0, 0.1) is 6.92 Å². The van der Waals surface area contributed by atoms with Crippen LogP contribution in [0.4, 0.5) is 5.95 Å². The summed E-state index contributed by atoms with van der Waals surface area (Å²) in [6, 6.07) is 2.03. The Bertz CT molecular complexity index is 1100. The lowest BCUT2D eigenvalue weighted by molar-refractivity contribution is 0.111. The summed E-state index contributed by atoms with van der Waals surface area (Å²) < 4.78 is 6.81. The maximum Gasteiger partial charge on any atom is 0.316 e. The van der Waals surface area contributed by atoms with Gasteiger partial charge in [-0.15, -0.1) is 0 Å². The molecule has 2 N–H and O–H groups in total. The fourth-order valence-corrected chi connectivity index (χ4v) is 4.01. The van der Waals surface area contributed by atoms with E-state index < -0.39 is 0 Å². The third-order valence-corrected chi connectivity index (χ3v) is 5.57. The number of nitrogens with zero attached hydrogens (tertiary/aromatic N) is 5. The Morgan fingerprint density at radius 2 is 1.90 bits per heavy atom. The van der Waals surface area contributed by atoms with Gasteiger partial charge in [0.2, 0.25) is 5.95 Å². The van der Waals surface area contributed by atoms with Crippen molar-refractivity contribution < 1.29 is 9.84 Å². The van der Waals surface area contributed by atoms with Crippen molar-refractivity contribution in [2.24, 2.45) is 0 Å². The van der Waals surface area contributed by atoms with Gasteiger partial charge in [-0.25, -0.2) is 15.0 Å². The number of methoxy groups -OCH3 is 1. The second-order valence-corrected chi connectivity index (χ2v) is 7.55. The number of ether oxygens (including phenoxy) is 1. The first kappa shape index (κ1) is 20.2. The molecule has 3 heterocycles. The quantitative estimate of drug-likeness (QED) is 0.659. The van der Waals surface area contributed by atoms with Crippen LogP contribution >= 0.6 is 0 Å². The Labute approximate surface area is 174 Å². The third kappa shape index (κ3) is 3.72. The summed E-state index contributed by atoms with van der Waals surface area (Å²) in [5.74, 6) is 0.507. The summed E-state index contributed by atoms with van der Waals surface area (Å²) in [4.78, 5) is 31.2. The Morgan fingerprint density at radius 3 is 2.53 bits per heavy atom. The molecule has 3 aromatic heterocycles. The van der Waals surface area contributed by atoms with Crippen molar-refractivity contribution in [1.82, 2.24) is 24.5 Å². The van der Waals surface area contributed by atoms with E-state index in [1.807, 2.05) is 19.9 Å². The van der Waals surface area contributed by atoms with Gasteiger partial charge < -0.3 is 15.2 Å². The predicted octanol–water partition coefficient (Wildman–Crippen LogP) is 2.47.